The first-order valence-corrected chi connectivity index (χ1v) is 9.82. The van der Waals surface area contributed by atoms with Gasteiger partial charge in [0, 0.05) is 37.7 Å². The Morgan fingerprint density at radius 1 is 1.22 bits per heavy atom. The van der Waals surface area contributed by atoms with Crippen LogP contribution in [0.25, 0.3) is 11.0 Å². The van der Waals surface area contributed by atoms with Gasteiger partial charge in [0.2, 0.25) is 0 Å². The fraction of sp³-hybridized carbons (Fsp3) is 0.350. The highest BCUT2D eigenvalue weighted by Crippen LogP contribution is 2.27. The van der Waals surface area contributed by atoms with Crippen LogP contribution in [0.1, 0.15) is 11.7 Å². The molecule has 1 aliphatic heterocycles. The minimum absolute atomic E-state index is 0.00494. The van der Waals surface area contributed by atoms with Gasteiger partial charge >= 0.3 is 5.69 Å². The number of aryl methyl sites for hydroxylation is 1. The van der Waals surface area contributed by atoms with Crippen molar-refractivity contribution in [2.24, 2.45) is 7.05 Å². The van der Waals surface area contributed by atoms with E-state index < -0.39 is 0 Å². The van der Waals surface area contributed by atoms with Crippen molar-refractivity contribution in [1.29, 1.82) is 0 Å². The number of nitrogens with one attached hydrogen (secondary N) is 1. The van der Waals surface area contributed by atoms with Gasteiger partial charge in [-0.1, -0.05) is 18.2 Å². The maximum atomic E-state index is 13.1. The number of hydrogen-bond donors (Lipinski definition) is 1. The van der Waals surface area contributed by atoms with Crippen LogP contribution in [0.5, 0.6) is 5.75 Å². The van der Waals surface area contributed by atoms with Gasteiger partial charge in [0.05, 0.1) is 18.1 Å². The fourth-order valence-electron chi connectivity index (χ4n) is 3.82. The van der Waals surface area contributed by atoms with Crippen molar-refractivity contribution >= 4 is 27.0 Å². The summed E-state index contributed by atoms with van der Waals surface area (Å²) in [5, 5.41) is 3.44. The van der Waals surface area contributed by atoms with Gasteiger partial charge in [0.1, 0.15) is 11.9 Å². The van der Waals surface area contributed by atoms with Crippen molar-refractivity contribution in [3.8, 4) is 5.75 Å². The molecule has 7 heteroatoms. The molecule has 4 rings (SSSR count). The molecule has 0 amide bonds. The number of ether oxygens (including phenoxy) is 1. The van der Waals surface area contributed by atoms with E-state index in [4.69, 9.17) is 4.74 Å². The Morgan fingerprint density at radius 3 is 2.74 bits per heavy atom. The number of halogens is 1. The van der Waals surface area contributed by atoms with Crippen molar-refractivity contribution in [2.75, 3.05) is 26.7 Å². The first-order chi connectivity index (χ1) is 13.1. The second kappa shape index (κ2) is 7.50. The van der Waals surface area contributed by atoms with Crippen LogP contribution in [0.3, 0.4) is 0 Å². The zero-order valence-electron chi connectivity index (χ0n) is 15.5. The van der Waals surface area contributed by atoms with Crippen molar-refractivity contribution in [1.82, 2.24) is 19.4 Å². The maximum absolute atomic E-state index is 13.1. The molecule has 0 spiro atoms. The first kappa shape index (κ1) is 18.3. The number of aromatic nitrogens is 2. The largest absolute Gasteiger partial charge is 0.497 e. The SMILES string of the molecule is COc1ccc(CN2CCNCC2n2c(=O)n(C)c3c(Br)cccc32)cc1. The highest BCUT2D eigenvalue weighted by atomic mass is 79.9. The van der Waals surface area contributed by atoms with Crippen LogP contribution in [0.4, 0.5) is 0 Å². The molecule has 1 N–H and O–H groups in total. The van der Waals surface area contributed by atoms with E-state index in [2.05, 4.69) is 38.3 Å². The summed E-state index contributed by atoms with van der Waals surface area (Å²) in [7, 11) is 3.50. The summed E-state index contributed by atoms with van der Waals surface area (Å²) in [5.41, 5.74) is 3.09. The van der Waals surface area contributed by atoms with Gasteiger partial charge in [-0.05, 0) is 45.8 Å². The lowest BCUT2D eigenvalue weighted by Gasteiger charge is -2.36. The predicted octanol–water partition coefficient (Wildman–Crippen LogP) is 2.72. The number of fused-ring (bicyclic) bond motifs is 1. The van der Waals surface area contributed by atoms with Crippen molar-refractivity contribution in [3.05, 3.63) is 63.0 Å². The lowest BCUT2D eigenvalue weighted by atomic mass is 10.1. The maximum Gasteiger partial charge on any atom is 0.330 e. The molecule has 27 heavy (non-hydrogen) atoms. The van der Waals surface area contributed by atoms with Crippen LogP contribution in [-0.2, 0) is 13.6 Å². The van der Waals surface area contributed by atoms with Crippen molar-refractivity contribution < 1.29 is 4.74 Å². The minimum Gasteiger partial charge on any atom is -0.497 e. The summed E-state index contributed by atoms with van der Waals surface area (Å²) >= 11 is 3.59. The number of hydrogen-bond acceptors (Lipinski definition) is 4. The molecule has 0 saturated carbocycles. The lowest BCUT2D eigenvalue weighted by molar-refractivity contribution is 0.101. The van der Waals surface area contributed by atoms with Gasteiger partial charge < -0.3 is 10.1 Å². The normalized spacial score (nSPS) is 18.1. The van der Waals surface area contributed by atoms with Crippen LogP contribution < -0.4 is 15.7 Å². The smallest absolute Gasteiger partial charge is 0.330 e. The van der Waals surface area contributed by atoms with E-state index in [0.29, 0.717) is 0 Å². The second-order valence-corrected chi connectivity index (χ2v) is 7.68. The summed E-state index contributed by atoms with van der Waals surface area (Å²) in [6.45, 7) is 3.32. The molecule has 2 aromatic carbocycles. The molecule has 6 nitrogen and oxygen atoms in total. The molecule has 1 aliphatic rings. The van der Waals surface area contributed by atoms with Crippen LogP contribution in [0.2, 0.25) is 0 Å². The van der Waals surface area contributed by atoms with Gasteiger partial charge in [0.15, 0.2) is 0 Å². The number of methoxy groups -OCH3 is 1. The number of imidazole rings is 1. The van der Waals surface area contributed by atoms with Crippen LogP contribution in [0.15, 0.2) is 51.7 Å². The summed E-state index contributed by atoms with van der Waals surface area (Å²) in [5.74, 6) is 0.853. The van der Waals surface area contributed by atoms with E-state index in [1.54, 1.807) is 11.7 Å². The van der Waals surface area contributed by atoms with Gasteiger partial charge in [-0.3, -0.25) is 14.0 Å². The number of benzene rings is 2. The zero-order valence-corrected chi connectivity index (χ0v) is 17.1. The van der Waals surface area contributed by atoms with E-state index in [9.17, 15) is 4.79 Å². The average Bonchev–Trinajstić information content (AvgIpc) is 2.95. The first-order valence-electron chi connectivity index (χ1n) is 9.03. The Labute approximate surface area is 166 Å². The fourth-order valence-corrected chi connectivity index (χ4v) is 4.44. The van der Waals surface area contributed by atoms with Crippen LogP contribution in [0, 0.1) is 0 Å². The van der Waals surface area contributed by atoms with Crippen LogP contribution >= 0.6 is 15.9 Å². The number of piperazine rings is 1. The van der Waals surface area contributed by atoms with Gasteiger partial charge in [-0.25, -0.2) is 4.79 Å². The third-order valence-corrected chi connectivity index (χ3v) is 5.86. The molecule has 142 valence electrons. The van der Waals surface area contributed by atoms with Gasteiger partial charge in [-0.2, -0.15) is 0 Å². The molecule has 1 atom stereocenters. The highest BCUT2D eigenvalue weighted by Gasteiger charge is 2.28. The number of nitrogens with zero attached hydrogens (tertiary/aromatic N) is 3. The molecular weight excluding hydrogens is 408 g/mol. The zero-order chi connectivity index (χ0) is 19.0. The number of para-hydroxylation sites is 1. The second-order valence-electron chi connectivity index (χ2n) is 6.82. The molecule has 3 aromatic rings. The van der Waals surface area contributed by atoms with Crippen molar-refractivity contribution in [3.63, 3.8) is 0 Å². The molecular formula is C20H23BrN4O2. The Hall–Kier alpha value is -2.09. The van der Waals surface area contributed by atoms with E-state index in [1.807, 2.05) is 41.9 Å². The molecule has 0 radical (unpaired) electrons. The summed E-state index contributed by atoms with van der Waals surface area (Å²) in [6, 6.07) is 14.1. The summed E-state index contributed by atoms with van der Waals surface area (Å²) in [4.78, 5) is 15.4. The van der Waals surface area contributed by atoms with E-state index >= 15 is 0 Å². The topological polar surface area (TPSA) is 51.4 Å². The monoisotopic (exact) mass is 430 g/mol. The van der Waals surface area contributed by atoms with Gasteiger partial charge in [-0.15, -0.1) is 0 Å². The standard InChI is InChI=1S/C20H23BrN4O2/c1-23-19-16(21)4-3-5-17(19)25(20(23)26)18-12-22-10-11-24(18)13-14-6-8-15(27-2)9-7-14/h3-9,18,22H,10-13H2,1-2H3. The molecule has 1 fully saturated rings. The molecule has 1 saturated heterocycles. The predicted molar refractivity (Wildman–Crippen MR) is 110 cm³/mol. The van der Waals surface area contributed by atoms with E-state index in [0.717, 1.165) is 47.4 Å². The van der Waals surface area contributed by atoms with E-state index in [-0.39, 0.29) is 11.9 Å². The number of rotatable bonds is 4. The quantitative estimate of drug-likeness (QED) is 0.691. The van der Waals surface area contributed by atoms with E-state index in [1.165, 1.54) is 5.56 Å². The van der Waals surface area contributed by atoms with Crippen LogP contribution in [-0.4, -0.2) is 40.8 Å². The third-order valence-electron chi connectivity index (χ3n) is 5.22. The summed E-state index contributed by atoms with van der Waals surface area (Å²) < 4.78 is 9.82. The molecule has 1 aromatic heterocycles. The molecule has 0 bridgehead atoms. The van der Waals surface area contributed by atoms with Crippen molar-refractivity contribution in [2.45, 2.75) is 12.7 Å². The average molecular weight is 431 g/mol. The Bertz CT molecular complexity index is 1010. The third kappa shape index (κ3) is 3.31. The molecule has 0 aliphatic carbocycles. The summed E-state index contributed by atoms with van der Waals surface area (Å²) in [6.07, 6.45) is -0.0358. The Kier molecular flexibility index (Phi) is 5.08. The van der Waals surface area contributed by atoms with Gasteiger partial charge in [0.25, 0.3) is 0 Å². The molecule has 1 unspecified atom stereocenters. The molecule has 2 heterocycles. The Morgan fingerprint density at radius 2 is 2.00 bits per heavy atom. The lowest BCUT2D eigenvalue weighted by Crippen LogP contribution is -2.50. The minimum atomic E-state index is -0.0358. The highest BCUT2D eigenvalue weighted by molar-refractivity contribution is 9.10. The Balaban J connectivity index is 1.73.